The topological polar surface area (TPSA) is 79.5 Å². The second kappa shape index (κ2) is 8.72. The summed E-state index contributed by atoms with van der Waals surface area (Å²) in [6, 6.07) is 22.3. The van der Waals surface area contributed by atoms with Crippen molar-refractivity contribution in [2.45, 2.75) is 18.6 Å². The zero-order valence-corrected chi connectivity index (χ0v) is 19.0. The van der Waals surface area contributed by atoms with Crippen molar-refractivity contribution >= 4 is 42.2 Å². The van der Waals surface area contributed by atoms with E-state index in [1.54, 1.807) is 6.08 Å². The number of hydrogen-bond acceptors (Lipinski definition) is 2. The van der Waals surface area contributed by atoms with Crippen LogP contribution in [0, 0.1) is 5.41 Å². The van der Waals surface area contributed by atoms with Crippen molar-refractivity contribution in [2.75, 3.05) is 0 Å². The zero-order valence-electron chi connectivity index (χ0n) is 17.8. The molecule has 3 unspecified atom stereocenters. The first-order valence-electron chi connectivity index (χ1n) is 10.7. The van der Waals surface area contributed by atoms with Gasteiger partial charge in [0.2, 0.25) is 0 Å². The summed E-state index contributed by atoms with van der Waals surface area (Å²) < 4.78 is 16.2. The summed E-state index contributed by atoms with van der Waals surface area (Å²) >= 11 is 0. The van der Waals surface area contributed by atoms with Crippen LogP contribution in [0.4, 0.5) is 4.39 Å². The molecule has 0 saturated carbocycles. The molecule has 0 bridgehead atoms. The van der Waals surface area contributed by atoms with Gasteiger partial charge in [-0.25, -0.2) is 4.39 Å². The van der Waals surface area contributed by atoms with Gasteiger partial charge in [0.1, 0.15) is 6.17 Å². The molecule has 0 radical (unpaired) electrons. The zero-order chi connectivity index (χ0) is 22.9. The van der Waals surface area contributed by atoms with Gasteiger partial charge in [0.05, 0.1) is 11.6 Å². The number of nitrogens with zero attached hydrogens (tertiary/aromatic N) is 3. The van der Waals surface area contributed by atoms with E-state index in [0.29, 0.717) is 12.0 Å². The molecular weight excluding hydrogens is 432 g/mol. The van der Waals surface area contributed by atoms with Crippen LogP contribution in [0.25, 0.3) is 21.8 Å². The molecule has 33 heavy (non-hydrogen) atoms. The van der Waals surface area contributed by atoms with Crippen LogP contribution in [-0.4, -0.2) is 16.6 Å². The van der Waals surface area contributed by atoms with E-state index in [-0.39, 0.29) is 11.9 Å². The number of nitrogens with two attached hydrogens (primary N) is 1. The molecule has 4 aromatic rings. The van der Waals surface area contributed by atoms with Gasteiger partial charge in [-0.15, -0.1) is 14.4 Å². The smallest absolute Gasteiger partial charge is 0.176 e. The number of amidine groups is 1. The largest absolute Gasteiger partial charge is 0.329 e. The number of halogens is 1. The molecule has 0 aliphatic heterocycles. The van der Waals surface area contributed by atoms with E-state index in [9.17, 15) is 4.39 Å². The van der Waals surface area contributed by atoms with Crippen LogP contribution >= 0.6 is 9.24 Å². The minimum atomic E-state index is -0.953. The number of alkyl halides is 1. The summed E-state index contributed by atoms with van der Waals surface area (Å²) in [6.07, 6.45) is 4.95. The van der Waals surface area contributed by atoms with Crippen LogP contribution < -0.4 is 11.1 Å². The summed E-state index contributed by atoms with van der Waals surface area (Å²) in [6.45, 7) is 0. The Labute approximate surface area is 193 Å². The maximum Gasteiger partial charge on any atom is 0.176 e. The van der Waals surface area contributed by atoms with Crippen molar-refractivity contribution in [3.8, 4) is 0 Å². The highest BCUT2D eigenvalue weighted by Crippen LogP contribution is 2.39. The first-order valence-corrected chi connectivity index (χ1v) is 11.2. The molecule has 3 aromatic carbocycles. The number of nitrogens with one attached hydrogen (secondary N) is 1. The molecule has 1 aliphatic carbocycles. The molecule has 5 nitrogen and oxygen atoms in total. The number of para-hydroxylation sites is 1. The van der Waals surface area contributed by atoms with Gasteiger partial charge in [0.15, 0.2) is 5.84 Å². The highest BCUT2D eigenvalue weighted by Gasteiger charge is 2.24. The molecule has 3 atom stereocenters. The van der Waals surface area contributed by atoms with E-state index in [1.807, 2.05) is 54.6 Å². The lowest BCUT2D eigenvalue weighted by atomic mass is 9.93. The van der Waals surface area contributed by atoms with Crippen molar-refractivity contribution in [2.24, 2.45) is 16.2 Å². The predicted molar refractivity (Wildman–Crippen MR) is 136 cm³/mol. The highest BCUT2D eigenvalue weighted by atomic mass is 31.0. The summed E-state index contributed by atoms with van der Waals surface area (Å²) in [5, 5.41) is 18.2. The van der Waals surface area contributed by atoms with Gasteiger partial charge < -0.3 is 10.4 Å². The second-order valence-corrected chi connectivity index (χ2v) is 8.74. The van der Waals surface area contributed by atoms with Gasteiger partial charge in [-0.05, 0) is 46.8 Å². The summed E-state index contributed by atoms with van der Waals surface area (Å²) in [5.74, 6) is 5.16. The molecule has 164 valence electrons. The number of fused-ring (bicyclic) bond motifs is 3. The summed E-state index contributed by atoms with van der Waals surface area (Å²) in [7, 11) is 2.76. The molecule has 7 heteroatoms. The fraction of sp³-hybridized carbons (Fsp3) is 0.115. The minimum absolute atomic E-state index is 0.00963. The van der Waals surface area contributed by atoms with Crippen LogP contribution in [0.3, 0.4) is 0 Å². The fourth-order valence-corrected chi connectivity index (χ4v) is 4.88. The van der Waals surface area contributed by atoms with E-state index < -0.39 is 6.17 Å². The Hall–Kier alpha value is -3.63. The molecule has 0 spiro atoms. The van der Waals surface area contributed by atoms with Gasteiger partial charge >= 0.3 is 0 Å². The lowest BCUT2D eigenvalue weighted by molar-refractivity contribution is 0.399. The van der Waals surface area contributed by atoms with Crippen molar-refractivity contribution < 1.29 is 4.39 Å². The maximum absolute atomic E-state index is 13.9. The first-order chi connectivity index (χ1) is 16.1. The third kappa shape index (κ3) is 3.87. The van der Waals surface area contributed by atoms with Crippen molar-refractivity contribution in [3.05, 3.63) is 102 Å². The second-order valence-electron chi connectivity index (χ2n) is 8.07. The lowest BCUT2D eigenvalue weighted by Crippen LogP contribution is -2.16. The van der Waals surface area contributed by atoms with Crippen molar-refractivity contribution in [1.29, 1.82) is 5.41 Å². The van der Waals surface area contributed by atoms with Gasteiger partial charge in [-0.3, -0.25) is 5.41 Å². The van der Waals surface area contributed by atoms with Crippen LogP contribution in [0.1, 0.15) is 23.6 Å². The molecule has 0 amide bonds. The molecule has 1 aromatic heterocycles. The number of allylic oxidation sites excluding steroid dienone is 4. The van der Waals surface area contributed by atoms with E-state index in [1.165, 1.54) is 0 Å². The van der Waals surface area contributed by atoms with Crippen molar-refractivity contribution in [3.63, 3.8) is 0 Å². The third-order valence-electron chi connectivity index (χ3n) is 6.02. The predicted octanol–water partition coefficient (Wildman–Crippen LogP) is 5.76. The molecule has 0 saturated heterocycles. The van der Waals surface area contributed by atoms with Gasteiger partial charge in [0.25, 0.3) is 0 Å². The molecular formula is C26H23FN5P. The molecule has 3 N–H and O–H groups in total. The Morgan fingerprint density at radius 2 is 1.88 bits per heavy atom. The SMILES string of the molecule is N=C(N=NN)c1ccc2c(c1)c1ccccc1n2C(C1=CCC(F)C=C1)c1cccc(P)c1. The third-order valence-corrected chi connectivity index (χ3v) is 6.38. The van der Waals surface area contributed by atoms with E-state index in [4.69, 9.17) is 11.3 Å². The Morgan fingerprint density at radius 1 is 1.06 bits per heavy atom. The van der Waals surface area contributed by atoms with Gasteiger partial charge in [-0.2, -0.15) is 0 Å². The molecule has 1 aliphatic rings. The Morgan fingerprint density at radius 3 is 2.64 bits per heavy atom. The van der Waals surface area contributed by atoms with E-state index >= 15 is 0 Å². The van der Waals surface area contributed by atoms with Crippen LogP contribution in [0.2, 0.25) is 0 Å². The van der Waals surface area contributed by atoms with Crippen LogP contribution in [0.5, 0.6) is 0 Å². The number of hydrogen-bond donors (Lipinski definition) is 2. The molecule has 5 rings (SSSR count). The van der Waals surface area contributed by atoms with E-state index in [2.05, 4.69) is 48.4 Å². The van der Waals surface area contributed by atoms with Crippen molar-refractivity contribution in [1.82, 2.24) is 4.57 Å². The number of rotatable bonds is 4. The Balaban J connectivity index is 1.81. The minimum Gasteiger partial charge on any atom is -0.329 e. The first kappa shape index (κ1) is 21.2. The van der Waals surface area contributed by atoms with Gasteiger partial charge in [-0.1, -0.05) is 59.8 Å². The Bertz CT molecular complexity index is 1470. The average Bonchev–Trinajstić information content (AvgIpc) is 3.14. The van der Waals surface area contributed by atoms with Gasteiger partial charge in [0, 0.05) is 28.3 Å². The molecule has 0 fully saturated rings. The quantitative estimate of drug-likeness (QED) is 0.101. The average molecular weight is 455 g/mol. The fourth-order valence-electron chi connectivity index (χ4n) is 4.58. The highest BCUT2D eigenvalue weighted by molar-refractivity contribution is 7.27. The number of aromatic nitrogens is 1. The normalized spacial score (nSPS) is 17.0. The summed E-state index contributed by atoms with van der Waals surface area (Å²) in [4.78, 5) is 0. The Kier molecular flexibility index (Phi) is 5.61. The van der Waals surface area contributed by atoms with Crippen LogP contribution in [-0.2, 0) is 0 Å². The molecule has 1 heterocycles. The standard InChI is InChI=1S/C26H23FN5P/c27-19-11-8-16(9-12-19)25(17-4-3-5-20(33)14-17)32-23-7-2-1-6-21(23)22-15-18(10-13-24(22)32)26(28)30-31-29/h1-11,13-15,19,25H,12,33H2,(H3,28,29,30). The monoisotopic (exact) mass is 455 g/mol. The summed E-state index contributed by atoms with van der Waals surface area (Å²) in [5.41, 5.74) is 4.89. The number of benzene rings is 3. The van der Waals surface area contributed by atoms with Crippen LogP contribution in [0.15, 0.2) is 101 Å². The maximum atomic E-state index is 13.9. The lowest BCUT2D eigenvalue weighted by Gasteiger charge is -2.26. The van der Waals surface area contributed by atoms with E-state index in [0.717, 1.165) is 38.2 Å².